The first-order valence-corrected chi connectivity index (χ1v) is 10.4. The molecule has 0 saturated carbocycles. The summed E-state index contributed by atoms with van der Waals surface area (Å²) >= 11 is 0. The molecule has 2 rings (SSSR count). The van der Waals surface area contributed by atoms with Crippen LogP contribution in [0.5, 0.6) is 17.2 Å². The predicted octanol–water partition coefficient (Wildman–Crippen LogP) is 5.33. The molecule has 2 N–H and O–H groups in total. The number of aryl methyl sites for hydroxylation is 1. The number of phenols is 1. The van der Waals surface area contributed by atoms with Gasteiger partial charge in [0.15, 0.2) is 0 Å². The molecule has 0 spiro atoms. The molecule has 0 aliphatic heterocycles. The van der Waals surface area contributed by atoms with E-state index in [4.69, 9.17) is 4.74 Å². The first-order valence-electron chi connectivity index (χ1n) is 8.97. The van der Waals surface area contributed by atoms with E-state index in [0.717, 1.165) is 24.8 Å². The topological polar surface area (TPSA) is 83.8 Å². The summed E-state index contributed by atoms with van der Waals surface area (Å²) in [6.45, 7) is 2.17. The Morgan fingerprint density at radius 2 is 1.58 bits per heavy atom. The Morgan fingerprint density at radius 3 is 2.23 bits per heavy atom. The van der Waals surface area contributed by atoms with Crippen LogP contribution in [0.1, 0.15) is 51.0 Å². The van der Waals surface area contributed by atoms with Crippen molar-refractivity contribution in [3.05, 3.63) is 48.0 Å². The number of unbranched alkanes of at least 4 members (excludes halogenated alkanes) is 5. The Labute approximate surface area is 155 Å². The molecule has 0 aliphatic rings. The van der Waals surface area contributed by atoms with Gasteiger partial charge >= 0.3 is 0 Å². The van der Waals surface area contributed by atoms with Crippen LogP contribution in [-0.4, -0.2) is 18.1 Å². The maximum atomic E-state index is 11.4. The fourth-order valence-electron chi connectivity index (χ4n) is 2.75. The maximum Gasteiger partial charge on any atom is 0.294 e. The smallest absolute Gasteiger partial charge is 0.294 e. The number of phenolic OH excluding ortho intramolecular Hbond substituents is 1. The molecule has 2 aromatic carbocycles. The summed E-state index contributed by atoms with van der Waals surface area (Å²) in [4.78, 5) is -0.128. The minimum absolute atomic E-state index is 0.128. The van der Waals surface area contributed by atoms with E-state index in [1.807, 2.05) is 0 Å². The molecule has 0 fully saturated rings. The van der Waals surface area contributed by atoms with Gasteiger partial charge in [-0.1, -0.05) is 39.0 Å². The third-order valence-corrected chi connectivity index (χ3v) is 5.04. The highest BCUT2D eigenvalue weighted by atomic mass is 32.2. The van der Waals surface area contributed by atoms with Gasteiger partial charge in [0.05, 0.1) is 4.90 Å². The average molecular weight is 378 g/mol. The number of aromatic hydroxyl groups is 1. The minimum Gasteiger partial charge on any atom is -0.508 e. The van der Waals surface area contributed by atoms with E-state index in [1.54, 1.807) is 18.2 Å². The van der Waals surface area contributed by atoms with E-state index in [-0.39, 0.29) is 10.6 Å². The van der Waals surface area contributed by atoms with E-state index < -0.39 is 10.1 Å². The van der Waals surface area contributed by atoms with E-state index >= 15 is 0 Å². The van der Waals surface area contributed by atoms with Gasteiger partial charge < -0.3 is 9.84 Å². The number of ether oxygens (including phenoxy) is 1. The number of benzene rings is 2. The Morgan fingerprint density at radius 1 is 0.923 bits per heavy atom. The largest absolute Gasteiger partial charge is 0.508 e. The van der Waals surface area contributed by atoms with Gasteiger partial charge in [-0.3, -0.25) is 4.55 Å². The van der Waals surface area contributed by atoms with Crippen molar-refractivity contribution in [1.29, 1.82) is 0 Å². The third-order valence-electron chi connectivity index (χ3n) is 4.19. The molecule has 5 nitrogen and oxygen atoms in total. The quantitative estimate of drug-likeness (QED) is 0.431. The highest BCUT2D eigenvalue weighted by molar-refractivity contribution is 7.85. The van der Waals surface area contributed by atoms with E-state index in [2.05, 4.69) is 6.92 Å². The van der Waals surface area contributed by atoms with Gasteiger partial charge in [-0.05, 0) is 60.9 Å². The lowest BCUT2D eigenvalue weighted by atomic mass is 10.0. The summed E-state index contributed by atoms with van der Waals surface area (Å²) in [6.07, 6.45) is 7.44. The zero-order chi connectivity index (χ0) is 19.0. The van der Waals surface area contributed by atoms with Crippen molar-refractivity contribution in [3.63, 3.8) is 0 Å². The zero-order valence-corrected chi connectivity index (χ0v) is 15.8. The van der Waals surface area contributed by atoms with E-state index in [9.17, 15) is 18.1 Å². The molecule has 0 saturated heterocycles. The van der Waals surface area contributed by atoms with Crippen LogP contribution >= 0.6 is 0 Å². The van der Waals surface area contributed by atoms with Crippen molar-refractivity contribution in [2.24, 2.45) is 0 Å². The fraction of sp³-hybridized carbons (Fsp3) is 0.400. The van der Waals surface area contributed by atoms with E-state index in [1.165, 1.54) is 43.5 Å². The lowest BCUT2D eigenvalue weighted by Crippen LogP contribution is -2.01. The van der Waals surface area contributed by atoms with Crippen molar-refractivity contribution >= 4 is 10.1 Å². The Hall–Kier alpha value is -2.05. The summed E-state index contributed by atoms with van der Waals surface area (Å²) < 4.78 is 38.0. The second-order valence-electron chi connectivity index (χ2n) is 6.36. The first kappa shape index (κ1) is 20.3. The molecule has 0 unspecified atom stereocenters. The molecule has 0 aromatic heterocycles. The van der Waals surface area contributed by atoms with Gasteiger partial charge in [-0.15, -0.1) is 0 Å². The molecule has 0 amide bonds. The molecule has 142 valence electrons. The van der Waals surface area contributed by atoms with Crippen molar-refractivity contribution < 1.29 is 22.8 Å². The predicted molar refractivity (Wildman–Crippen MR) is 102 cm³/mol. The number of hydrogen-bond donors (Lipinski definition) is 2. The average Bonchev–Trinajstić information content (AvgIpc) is 2.60. The molecular formula is C20H26O5S. The fourth-order valence-corrected chi connectivity index (χ4v) is 3.28. The number of rotatable bonds is 10. The Bertz CT molecular complexity index is 797. The van der Waals surface area contributed by atoms with Crippen LogP contribution in [0.25, 0.3) is 0 Å². The molecule has 26 heavy (non-hydrogen) atoms. The van der Waals surface area contributed by atoms with Crippen LogP contribution < -0.4 is 4.74 Å². The highest BCUT2D eigenvalue weighted by Gasteiger charge is 2.14. The van der Waals surface area contributed by atoms with Crippen molar-refractivity contribution in [3.8, 4) is 17.2 Å². The Kier molecular flexibility index (Phi) is 7.48. The zero-order valence-electron chi connectivity index (χ0n) is 15.0. The number of hydrogen-bond acceptors (Lipinski definition) is 4. The van der Waals surface area contributed by atoms with Crippen LogP contribution in [-0.2, 0) is 16.5 Å². The van der Waals surface area contributed by atoms with Crippen LogP contribution in [0.2, 0.25) is 0 Å². The molecular weight excluding hydrogens is 352 g/mol. The molecule has 0 heterocycles. The van der Waals surface area contributed by atoms with Crippen LogP contribution in [0.3, 0.4) is 0 Å². The normalized spacial score (nSPS) is 11.5. The van der Waals surface area contributed by atoms with Crippen molar-refractivity contribution in [2.45, 2.75) is 56.8 Å². The lowest BCUT2D eigenvalue weighted by Gasteiger charge is -2.13. The molecule has 6 heteroatoms. The van der Waals surface area contributed by atoms with Gasteiger partial charge in [-0.25, -0.2) is 0 Å². The first-order chi connectivity index (χ1) is 12.4. The summed E-state index contributed by atoms with van der Waals surface area (Å²) in [5, 5.41) is 9.36. The third kappa shape index (κ3) is 6.35. The van der Waals surface area contributed by atoms with Gasteiger partial charge in [-0.2, -0.15) is 8.42 Å². The standard InChI is InChI=1S/C20H26O5S/c1-2-3-4-5-6-7-8-16-15-19(26(22,23)24)13-14-20(16)25-18-11-9-17(21)10-12-18/h9-15,21H,2-8H2,1H3,(H,22,23,24). The monoisotopic (exact) mass is 378 g/mol. The molecule has 0 radical (unpaired) electrons. The van der Waals surface area contributed by atoms with E-state index in [0.29, 0.717) is 17.9 Å². The lowest BCUT2D eigenvalue weighted by molar-refractivity contribution is 0.459. The van der Waals surface area contributed by atoms with Crippen LogP contribution in [0.15, 0.2) is 47.4 Å². The maximum absolute atomic E-state index is 11.4. The minimum atomic E-state index is -4.25. The second kappa shape index (κ2) is 9.59. The second-order valence-corrected chi connectivity index (χ2v) is 7.78. The van der Waals surface area contributed by atoms with Crippen LogP contribution in [0.4, 0.5) is 0 Å². The van der Waals surface area contributed by atoms with Crippen molar-refractivity contribution in [2.75, 3.05) is 0 Å². The summed E-state index contributed by atoms with van der Waals surface area (Å²) in [7, 11) is -4.25. The molecule has 0 bridgehead atoms. The summed E-state index contributed by atoms with van der Waals surface area (Å²) in [5.41, 5.74) is 0.740. The summed E-state index contributed by atoms with van der Waals surface area (Å²) in [5.74, 6) is 1.25. The SMILES string of the molecule is CCCCCCCCc1cc(S(=O)(=O)O)ccc1Oc1ccc(O)cc1. The molecule has 0 aliphatic carbocycles. The summed E-state index contributed by atoms with van der Waals surface area (Å²) in [6, 6.07) is 10.7. The highest BCUT2D eigenvalue weighted by Crippen LogP contribution is 2.30. The van der Waals surface area contributed by atoms with Gasteiger partial charge in [0.2, 0.25) is 0 Å². The molecule has 0 atom stereocenters. The molecule has 2 aromatic rings. The van der Waals surface area contributed by atoms with Crippen molar-refractivity contribution in [1.82, 2.24) is 0 Å². The van der Waals surface area contributed by atoms with Gasteiger partial charge in [0.1, 0.15) is 17.2 Å². The van der Waals surface area contributed by atoms with Gasteiger partial charge in [0, 0.05) is 0 Å². The van der Waals surface area contributed by atoms with Crippen LogP contribution in [0, 0.1) is 0 Å². The Balaban J connectivity index is 2.13. The van der Waals surface area contributed by atoms with Gasteiger partial charge in [0.25, 0.3) is 10.1 Å².